The van der Waals surface area contributed by atoms with Gasteiger partial charge in [-0.1, -0.05) is 24.3 Å². The maximum atomic E-state index is 13.6. The highest BCUT2D eigenvalue weighted by molar-refractivity contribution is 5.92. The molecule has 2 saturated heterocycles. The number of fused-ring (bicyclic) bond motifs is 1. The summed E-state index contributed by atoms with van der Waals surface area (Å²) in [4.78, 5) is 31.0. The third-order valence-corrected chi connectivity index (χ3v) is 8.15. The average molecular weight is 555 g/mol. The standard InChI is InChI=1S/C33H38N4O4/c1-23-6-10-27(29(20-23)35-13-4-3-5-14-35)32(30-11-7-24(2)41-30)34-31(38)22-25-8-9-26-12-15-37(28(26)21-25)33(39)36-16-18-40-19-17-36/h6-12,15,20-21,32H,3-5,13-14,16-19,22H2,1-2H3,(H,34,38). The normalized spacial score (nSPS) is 16.6. The molecule has 2 amide bonds. The number of anilines is 1. The first-order chi connectivity index (χ1) is 20.0. The van der Waals surface area contributed by atoms with E-state index in [4.69, 9.17) is 9.15 Å². The molecule has 2 aliphatic heterocycles. The summed E-state index contributed by atoms with van der Waals surface area (Å²) in [5.41, 5.74) is 5.04. The van der Waals surface area contributed by atoms with Crippen molar-refractivity contribution in [2.24, 2.45) is 0 Å². The molecule has 4 heterocycles. The number of nitrogens with one attached hydrogen (secondary N) is 1. The van der Waals surface area contributed by atoms with Crippen molar-refractivity contribution in [2.75, 3.05) is 44.3 Å². The lowest BCUT2D eigenvalue weighted by atomic mass is 9.97. The zero-order valence-corrected chi connectivity index (χ0v) is 23.9. The van der Waals surface area contributed by atoms with Gasteiger partial charge in [0.2, 0.25) is 5.91 Å². The molecule has 1 atom stereocenters. The molecule has 0 bridgehead atoms. The number of furan rings is 1. The van der Waals surface area contributed by atoms with Crippen molar-refractivity contribution in [2.45, 2.75) is 45.6 Å². The van der Waals surface area contributed by atoms with Gasteiger partial charge in [-0.25, -0.2) is 4.79 Å². The number of carbonyl (C=O) groups excluding carboxylic acids is 2. The molecule has 6 rings (SSSR count). The summed E-state index contributed by atoms with van der Waals surface area (Å²) in [6, 6.07) is 17.7. The largest absolute Gasteiger partial charge is 0.464 e. The number of carbonyl (C=O) groups is 2. The lowest BCUT2D eigenvalue weighted by Crippen LogP contribution is -2.42. The van der Waals surface area contributed by atoms with Crippen LogP contribution in [0.3, 0.4) is 0 Å². The van der Waals surface area contributed by atoms with E-state index in [1.54, 1.807) is 15.7 Å². The van der Waals surface area contributed by atoms with Crippen LogP contribution in [0.1, 0.15) is 53.5 Å². The van der Waals surface area contributed by atoms with Gasteiger partial charge in [0.15, 0.2) is 0 Å². The molecule has 2 aromatic carbocycles. The summed E-state index contributed by atoms with van der Waals surface area (Å²) in [5, 5.41) is 4.25. The Hall–Kier alpha value is -4.04. The van der Waals surface area contributed by atoms with Crippen LogP contribution in [-0.2, 0) is 16.0 Å². The second-order valence-corrected chi connectivity index (χ2v) is 11.2. The van der Waals surface area contributed by atoms with E-state index in [1.165, 1.54) is 24.8 Å². The van der Waals surface area contributed by atoms with E-state index >= 15 is 0 Å². The van der Waals surface area contributed by atoms with E-state index in [0.29, 0.717) is 26.3 Å². The minimum Gasteiger partial charge on any atom is -0.464 e. The first-order valence-corrected chi connectivity index (χ1v) is 14.6. The van der Waals surface area contributed by atoms with Gasteiger partial charge < -0.3 is 24.3 Å². The lowest BCUT2D eigenvalue weighted by molar-refractivity contribution is -0.121. The third kappa shape index (κ3) is 5.88. The van der Waals surface area contributed by atoms with Crippen LogP contribution in [0.25, 0.3) is 10.9 Å². The fourth-order valence-corrected chi connectivity index (χ4v) is 5.97. The van der Waals surface area contributed by atoms with Crippen molar-refractivity contribution in [1.29, 1.82) is 0 Å². The van der Waals surface area contributed by atoms with E-state index in [-0.39, 0.29) is 18.4 Å². The van der Waals surface area contributed by atoms with Crippen LogP contribution in [0.5, 0.6) is 0 Å². The molecule has 8 heteroatoms. The summed E-state index contributed by atoms with van der Waals surface area (Å²) >= 11 is 0. The van der Waals surface area contributed by atoms with Crippen molar-refractivity contribution < 1.29 is 18.7 Å². The Labute approximate surface area is 240 Å². The maximum Gasteiger partial charge on any atom is 0.328 e. The van der Waals surface area contributed by atoms with Crippen molar-refractivity contribution in [3.63, 3.8) is 0 Å². The number of nitrogens with zero attached hydrogens (tertiary/aromatic N) is 3. The van der Waals surface area contributed by atoms with Crippen LogP contribution >= 0.6 is 0 Å². The fourth-order valence-electron chi connectivity index (χ4n) is 5.97. The molecule has 8 nitrogen and oxygen atoms in total. The molecule has 1 N–H and O–H groups in total. The van der Waals surface area contributed by atoms with Gasteiger partial charge in [0.25, 0.3) is 0 Å². The Morgan fingerprint density at radius 1 is 0.902 bits per heavy atom. The Kier molecular flexibility index (Phi) is 7.83. The summed E-state index contributed by atoms with van der Waals surface area (Å²) in [6.07, 6.45) is 5.58. The number of rotatable bonds is 6. The molecule has 41 heavy (non-hydrogen) atoms. The number of morpholine rings is 1. The first-order valence-electron chi connectivity index (χ1n) is 14.6. The third-order valence-electron chi connectivity index (χ3n) is 8.15. The van der Waals surface area contributed by atoms with E-state index in [0.717, 1.165) is 52.3 Å². The van der Waals surface area contributed by atoms with Crippen LogP contribution in [-0.4, -0.2) is 60.8 Å². The smallest absolute Gasteiger partial charge is 0.328 e. The van der Waals surface area contributed by atoms with E-state index in [2.05, 4.69) is 35.3 Å². The Morgan fingerprint density at radius 2 is 1.71 bits per heavy atom. The van der Waals surface area contributed by atoms with Crippen LogP contribution in [0.4, 0.5) is 10.5 Å². The molecule has 4 aromatic rings. The fraction of sp³-hybridized carbons (Fsp3) is 0.394. The molecule has 0 saturated carbocycles. The summed E-state index contributed by atoms with van der Waals surface area (Å²) < 4.78 is 13.2. The molecule has 2 aliphatic rings. The SMILES string of the molecule is Cc1ccc(C(NC(=O)Cc2ccc3ccn(C(=O)N4CCOCC4)c3c2)c2ccc(C)o2)c(N2CCCCC2)c1. The minimum absolute atomic E-state index is 0.0669. The van der Waals surface area contributed by atoms with Crippen molar-refractivity contribution >= 4 is 28.5 Å². The quantitative estimate of drug-likeness (QED) is 0.336. The van der Waals surface area contributed by atoms with Crippen LogP contribution < -0.4 is 10.2 Å². The van der Waals surface area contributed by atoms with Gasteiger partial charge in [0.05, 0.1) is 25.2 Å². The lowest BCUT2D eigenvalue weighted by Gasteiger charge is -2.32. The highest BCUT2D eigenvalue weighted by atomic mass is 16.5. The maximum absolute atomic E-state index is 13.6. The van der Waals surface area contributed by atoms with Gasteiger partial charge in [0.1, 0.15) is 17.6 Å². The molecule has 2 fully saturated rings. The molecular formula is C33H38N4O4. The van der Waals surface area contributed by atoms with Crippen LogP contribution in [0.15, 0.2) is 65.2 Å². The van der Waals surface area contributed by atoms with Crippen molar-refractivity contribution in [1.82, 2.24) is 14.8 Å². The second-order valence-electron chi connectivity index (χ2n) is 11.2. The second kappa shape index (κ2) is 11.8. The van der Waals surface area contributed by atoms with E-state index in [9.17, 15) is 9.59 Å². The number of benzene rings is 2. The van der Waals surface area contributed by atoms with Gasteiger partial charge in [0, 0.05) is 49.0 Å². The van der Waals surface area contributed by atoms with Gasteiger partial charge in [-0.3, -0.25) is 9.36 Å². The van der Waals surface area contributed by atoms with Crippen molar-refractivity contribution in [3.05, 3.63) is 89.0 Å². The number of hydrogen-bond donors (Lipinski definition) is 1. The van der Waals surface area contributed by atoms with Crippen molar-refractivity contribution in [3.8, 4) is 0 Å². The number of amides is 2. The molecule has 0 aliphatic carbocycles. The number of ether oxygens (including phenoxy) is 1. The van der Waals surface area contributed by atoms with Crippen LogP contribution in [0, 0.1) is 13.8 Å². The Bertz CT molecular complexity index is 1540. The summed E-state index contributed by atoms with van der Waals surface area (Å²) in [6.45, 7) is 8.30. The monoisotopic (exact) mass is 554 g/mol. The summed E-state index contributed by atoms with van der Waals surface area (Å²) in [7, 11) is 0. The van der Waals surface area contributed by atoms with Gasteiger partial charge in [-0.2, -0.15) is 0 Å². The average Bonchev–Trinajstić information content (AvgIpc) is 3.62. The van der Waals surface area contributed by atoms with Gasteiger partial charge in [-0.05, 0) is 74.6 Å². The minimum atomic E-state index is -0.413. The Balaban J connectivity index is 1.26. The summed E-state index contributed by atoms with van der Waals surface area (Å²) in [5.74, 6) is 1.42. The van der Waals surface area contributed by atoms with E-state index in [1.807, 2.05) is 43.3 Å². The molecular weight excluding hydrogens is 516 g/mol. The zero-order valence-electron chi connectivity index (χ0n) is 23.9. The van der Waals surface area contributed by atoms with E-state index < -0.39 is 6.04 Å². The molecule has 0 spiro atoms. The first kappa shape index (κ1) is 27.1. The number of piperidine rings is 1. The number of aryl methyl sites for hydroxylation is 2. The zero-order chi connectivity index (χ0) is 28.3. The highest BCUT2D eigenvalue weighted by Crippen LogP contribution is 2.34. The molecule has 2 aromatic heterocycles. The number of hydrogen-bond acceptors (Lipinski definition) is 5. The molecule has 0 radical (unpaired) electrons. The molecule has 1 unspecified atom stereocenters. The Morgan fingerprint density at radius 3 is 2.46 bits per heavy atom. The predicted octanol–water partition coefficient (Wildman–Crippen LogP) is 5.59. The number of aromatic nitrogens is 1. The highest BCUT2D eigenvalue weighted by Gasteiger charge is 2.26. The molecule has 214 valence electrons. The van der Waals surface area contributed by atoms with Crippen LogP contribution in [0.2, 0.25) is 0 Å². The predicted molar refractivity (Wildman–Crippen MR) is 160 cm³/mol. The van der Waals surface area contributed by atoms with Gasteiger partial charge in [-0.15, -0.1) is 0 Å². The van der Waals surface area contributed by atoms with Gasteiger partial charge >= 0.3 is 6.03 Å². The topological polar surface area (TPSA) is 80.0 Å².